The molecule has 0 saturated heterocycles. The van der Waals surface area contributed by atoms with Crippen LogP contribution in [0.3, 0.4) is 0 Å². The summed E-state index contributed by atoms with van der Waals surface area (Å²) in [6.45, 7) is 1.30. The molecular weight excluding hydrogens is 375 g/mol. The molecule has 4 rings (SSSR count). The van der Waals surface area contributed by atoms with E-state index in [0.29, 0.717) is 18.6 Å². The molecule has 134 valence electrons. The predicted molar refractivity (Wildman–Crippen MR) is 101 cm³/mol. The van der Waals surface area contributed by atoms with E-state index in [1.165, 1.54) is 16.1 Å². The number of rotatable bonds is 3. The summed E-state index contributed by atoms with van der Waals surface area (Å²) in [5.74, 6) is -0.479. The third-order valence-electron chi connectivity index (χ3n) is 4.54. The molecule has 7 heteroatoms. The van der Waals surface area contributed by atoms with Gasteiger partial charge in [-0.25, -0.2) is 16.8 Å². The van der Waals surface area contributed by atoms with Crippen molar-refractivity contribution >= 4 is 38.1 Å². The van der Waals surface area contributed by atoms with Gasteiger partial charge < -0.3 is 0 Å². The van der Waals surface area contributed by atoms with Gasteiger partial charge in [-0.05, 0) is 43.0 Å². The molecule has 0 bridgehead atoms. The number of likely N-dealkylation sites (N-methyl/N-ethyl adjacent to an activating group) is 1. The van der Waals surface area contributed by atoms with E-state index in [9.17, 15) is 12.8 Å². The van der Waals surface area contributed by atoms with Crippen LogP contribution >= 0.6 is 11.6 Å². The number of hydrogen-bond donors (Lipinski definition) is 0. The summed E-state index contributed by atoms with van der Waals surface area (Å²) in [7, 11) is -1.89. The summed E-state index contributed by atoms with van der Waals surface area (Å²) in [4.78, 5) is 2.10. The monoisotopic (exact) mass is 390 g/mol. The van der Waals surface area contributed by atoms with E-state index in [1.807, 2.05) is 19.2 Å². The Morgan fingerprint density at radius 3 is 2.38 bits per heavy atom. The third-order valence-corrected chi connectivity index (χ3v) is 6.57. The van der Waals surface area contributed by atoms with Crippen molar-refractivity contribution in [1.29, 1.82) is 0 Å². The first-order valence-electron chi connectivity index (χ1n) is 8.05. The summed E-state index contributed by atoms with van der Waals surface area (Å²) in [6.07, 6.45) is 1.61. The Morgan fingerprint density at radius 2 is 1.73 bits per heavy atom. The molecule has 0 radical (unpaired) electrons. The van der Waals surface area contributed by atoms with Crippen molar-refractivity contribution in [3.05, 3.63) is 71.1 Å². The van der Waals surface area contributed by atoms with E-state index in [0.717, 1.165) is 33.7 Å². The van der Waals surface area contributed by atoms with E-state index < -0.39 is 15.8 Å². The van der Waals surface area contributed by atoms with Crippen molar-refractivity contribution in [2.45, 2.75) is 4.90 Å². The number of aromatic nitrogens is 1. The first kappa shape index (κ1) is 17.3. The third kappa shape index (κ3) is 2.74. The molecule has 2 aromatic carbocycles. The highest BCUT2D eigenvalue weighted by Crippen LogP contribution is 2.35. The van der Waals surface area contributed by atoms with Crippen LogP contribution in [0.4, 0.5) is 4.39 Å². The largest absolute Gasteiger partial charge is 0.297 e. The van der Waals surface area contributed by atoms with Gasteiger partial charge in [0.05, 0.1) is 10.4 Å². The molecular formula is C19H16ClFN2O2S. The van der Waals surface area contributed by atoms with Gasteiger partial charge in [0.25, 0.3) is 10.0 Å². The van der Waals surface area contributed by atoms with Gasteiger partial charge >= 0.3 is 0 Å². The summed E-state index contributed by atoms with van der Waals surface area (Å²) < 4.78 is 40.7. The van der Waals surface area contributed by atoms with E-state index in [1.54, 1.807) is 18.3 Å². The second-order valence-corrected chi connectivity index (χ2v) is 8.64. The number of hydrogen-bond acceptors (Lipinski definition) is 3. The highest BCUT2D eigenvalue weighted by Gasteiger charge is 2.26. The Kier molecular flexibility index (Phi) is 4.14. The van der Waals surface area contributed by atoms with Gasteiger partial charge in [0.15, 0.2) is 0 Å². The second-order valence-electron chi connectivity index (χ2n) is 6.37. The molecule has 1 aliphatic rings. The standard InChI is InChI=1S/C19H16ClFN2O2S/c1-22-10-17(18(20)12-22)16-11-23(19-5-3-2-4-15(16)19)26(24,25)14-8-6-13(21)7-9-14/h2-9,11H,10,12H2,1H3. The molecule has 0 amide bonds. The Bertz CT molecular complexity index is 1130. The molecule has 26 heavy (non-hydrogen) atoms. The average molecular weight is 391 g/mol. The van der Waals surface area contributed by atoms with E-state index in [2.05, 4.69) is 4.90 Å². The van der Waals surface area contributed by atoms with Crippen LogP contribution in [0, 0.1) is 5.82 Å². The number of fused-ring (bicyclic) bond motifs is 1. The van der Waals surface area contributed by atoms with Gasteiger partial charge in [0.1, 0.15) is 5.82 Å². The van der Waals surface area contributed by atoms with Crippen molar-refractivity contribution < 1.29 is 12.8 Å². The Labute approximate surface area is 156 Å². The predicted octanol–water partition coefficient (Wildman–Crippen LogP) is 3.91. The molecule has 0 spiro atoms. The lowest BCUT2D eigenvalue weighted by Crippen LogP contribution is -2.14. The van der Waals surface area contributed by atoms with Crippen molar-refractivity contribution in [2.24, 2.45) is 0 Å². The Hall–Kier alpha value is -2.15. The molecule has 0 aliphatic carbocycles. The van der Waals surface area contributed by atoms with Crippen LogP contribution in [0.25, 0.3) is 16.5 Å². The van der Waals surface area contributed by atoms with Crippen molar-refractivity contribution in [3.8, 4) is 0 Å². The van der Waals surface area contributed by atoms with Crippen LogP contribution in [0.15, 0.2) is 64.7 Å². The van der Waals surface area contributed by atoms with Gasteiger partial charge in [-0.3, -0.25) is 4.90 Å². The molecule has 1 aliphatic heterocycles. The van der Waals surface area contributed by atoms with Crippen LogP contribution in [0.1, 0.15) is 5.56 Å². The van der Waals surface area contributed by atoms with Crippen LogP contribution in [-0.2, 0) is 10.0 Å². The molecule has 4 nitrogen and oxygen atoms in total. The molecule has 0 atom stereocenters. The minimum absolute atomic E-state index is 0.0369. The molecule has 0 fully saturated rings. The van der Waals surface area contributed by atoms with Crippen molar-refractivity contribution in [1.82, 2.24) is 8.87 Å². The quantitative estimate of drug-likeness (QED) is 0.680. The molecule has 0 unspecified atom stereocenters. The lowest BCUT2D eigenvalue weighted by atomic mass is 10.1. The minimum Gasteiger partial charge on any atom is -0.297 e. The van der Waals surface area contributed by atoms with Crippen molar-refractivity contribution in [3.63, 3.8) is 0 Å². The maximum atomic E-state index is 13.2. The molecule has 3 aromatic rings. The van der Waals surface area contributed by atoms with E-state index in [4.69, 9.17) is 11.6 Å². The van der Waals surface area contributed by atoms with Gasteiger partial charge in [-0.1, -0.05) is 29.8 Å². The van der Waals surface area contributed by atoms with Crippen LogP contribution in [0.5, 0.6) is 0 Å². The maximum absolute atomic E-state index is 13.2. The summed E-state index contributed by atoms with van der Waals surface area (Å²) in [5.41, 5.74) is 2.30. The number of halogens is 2. The zero-order chi connectivity index (χ0) is 18.5. The topological polar surface area (TPSA) is 42.3 Å². The normalized spacial score (nSPS) is 16.0. The first-order valence-corrected chi connectivity index (χ1v) is 9.87. The molecule has 0 N–H and O–H groups in total. The second kappa shape index (κ2) is 6.23. The summed E-state index contributed by atoms with van der Waals surface area (Å²) in [5, 5.41) is 1.54. The fourth-order valence-corrected chi connectivity index (χ4v) is 5.02. The van der Waals surface area contributed by atoms with E-state index >= 15 is 0 Å². The molecule has 2 heterocycles. The van der Waals surface area contributed by atoms with Gasteiger partial charge in [-0.2, -0.15) is 0 Å². The SMILES string of the molecule is CN1CC(Cl)=C(c2cn(S(=O)(=O)c3ccc(F)cc3)c3ccccc23)C1. The number of para-hydroxylation sites is 1. The maximum Gasteiger partial charge on any atom is 0.268 e. The van der Waals surface area contributed by atoms with Gasteiger partial charge in [0, 0.05) is 35.3 Å². The van der Waals surface area contributed by atoms with Crippen LogP contribution in [-0.4, -0.2) is 37.4 Å². The van der Waals surface area contributed by atoms with Crippen molar-refractivity contribution in [2.75, 3.05) is 20.1 Å². The highest BCUT2D eigenvalue weighted by atomic mass is 35.5. The van der Waals surface area contributed by atoms with Crippen LogP contribution in [0.2, 0.25) is 0 Å². The highest BCUT2D eigenvalue weighted by molar-refractivity contribution is 7.90. The summed E-state index contributed by atoms with van der Waals surface area (Å²) in [6, 6.07) is 12.1. The summed E-state index contributed by atoms with van der Waals surface area (Å²) >= 11 is 6.40. The average Bonchev–Trinajstić information content (AvgIpc) is 3.15. The fourth-order valence-electron chi connectivity index (χ4n) is 3.28. The van der Waals surface area contributed by atoms with E-state index in [-0.39, 0.29) is 4.90 Å². The zero-order valence-corrected chi connectivity index (χ0v) is 15.6. The van der Waals surface area contributed by atoms with Gasteiger partial charge in [0.2, 0.25) is 0 Å². The minimum atomic E-state index is -3.85. The Balaban J connectivity index is 1.95. The lowest BCUT2D eigenvalue weighted by Gasteiger charge is -2.07. The fraction of sp³-hybridized carbons (Fsp3) is 0.158. The number of nitrogens with zero attached hydrogens (tertiary/aromatic N) is 2. The molecule has 1 aromatic heterocycles. The zero-order valence-electron chi connectivity index (χ0n) is 14.0. The first-order chi connectivity index (χ1) is 12.4. The van der Waals surface area contributed by atoms with Gasteiger partial charge in [-0.15, -0.1) is 0 Å². The smallest absolute Gasteiger partial charge is 0.268 e. The van der Waals surface area contributed by atoms with Crippen LogP contribution < -0.4 is 0 Å². The Morgan fingerprint density at radius 1 is 1.04 bits per heavy atom. The lowest BCUT2D eigenvalue weighted by molar-refractivity contribution is 0.436. The molecule has 0 saturated carbocycles. The number of benzene rings is 2.